The lowest BCUT2D eigenvalue weighted by Crippen LogP contribution is -2.29. The first-order chi connectivity index (χ1) is 10.8. The van der Waals surface area contributed by atoms with Crippen LogP contribution in [0.3, 0.4) is 0 Å². The van der Waals surface area contributed by atoms with E-state index in [9.17, 15) is 18.0 Å². The standard InChI is InChI=1S/C13H12F3N3O4/c1-21-12(20)19(22-2)7-8-3-5-9(6-4-8)10-17-11(23-18-10)13(14,15)16/h3-6H,7H2,1-2H3. The summed E-state index contributed by atoms with van der Waals surface area (Å²) in [6.07, 6.45) is -5.37. The highest BCUT2D eigenvalue weighted by molar-refractivity contribution is 5.66. The number of nitrogens with zero attached hydrogens (tertiary/aromatic N) is 3. The molecule has 0 aliphatic rings. The van der Waals surface area contributed by atoms with Crippen LogP contribution in [0, 0.1) is 0 Å². The molecule has 2 rings (SSSR count). The molecule has 0 fully saturated rings. The van der Waals surface area contributed by atoms with Gasteiger partial charge in [0.2, 0.25) is 5.82 Å². The molecule has 0 unspecified atom stereocenters. The Morgan fingerprint density at radius 1 is 1.26 bits per heavy atom. The molecular weight excluding hydrogens is 319 g/mol. The number of amides is 1. The van der Waals surface area contributed by atoms with Crippen molar-refractivity contribution in [3.05, 3.63) is 35.7 Å². The maximum atomic E-state index is 12.4. The highest BCUT2D eigenvalue weighted by Crippen LogP contribution is 2.29. The Bertz CT molecular complexity index is 670. The molecule has 1 heterocycles. The van der Waals surface area contributed by atoms with E-state index in [4.69, 9.17) is 4.84 Å². The van der Waals surface area contributed by atoms with Gasteiger partial charge in [0, 0.05) is 5.56 Å². The van der Waals surface area contributed by atoms with Crippen molar-refractivity contribution in [3.8, 4) is 11.4 Å². The zero-order valence-electron chi connectivity index (χ0n) is 12.1. The highest BCUT2D eigenvalue weighted by Gasteiger charge is 2.38. The van der Waals surface area contributed by atoms with Crippen LogP contribution in [0.5, 0.6) is 0 Å². The average molecular weight is 331 g/mol. The summed E-state index contributed by atoms with van der Waals surface area (Å²) in [6.45, 7) is 0.101. The van der Waals surface area contributed by atoms with Gasteiger partial charge in [-0.2, -0.15) is 23.2 Å². The summed E-state index contributed by atoms with van der Waals surface area (Å²) in [5, 5.41) is 4.26. The molecule has 0 N–H and O–H groups in total. The number of carbonyl (C=O) groups is 1. The van der Waals surface area contributed by atoms with Crippen LogP contribution in [0.25, 0.3) is 11.4 Å². The second-order valence-electron chi connectivity index (χ2n) is 4.31. The Hall–Kier alpha value is -2.62. The zero-order valence-corrected chi connectivity index (χ0v) is 12.1. The quantitative estimate of drug-likeness (QED) is 0.802. The molecule has 124 valence electrons. The lowest BCUT2D eigenvalue weighted by molar-refractivity contribution is -0.159. The minimum atomic E-state index is -4.69. The third-order valence-corrected chi connectivity index (χ3v) is 2.81. The Balaban J connectivity index is 2.13. The number of hydrogen-bond donors (Lipinski definition) is 0. The Labute approximate surface area is 128 Å². The predicted molar refractivity (Wildman–Crippen MR) is 69.7 cm³/mol. The van der Waals surface area contributed by atoms with Crippen LogP contribution in [-0.4, -0.2) is 35.5 Å². The average Bonchev–Trinajstić information content (AvgIpc) is 3.02. The van der Waals surface area contributed by atoms with Crippen LogP contribution in [-0.2, 0) is 22.3 Å². The lowest BCUT2D eigenvalue weighted by atomic mass is 10.1. The molecule has 0 saturated carbocycles. The lowest BCUT2D eigenvalue weighted by Gasteiger charge is -2.17. The van der Waals surface area contributed by atoms with Gasteiger partial charge >= 0.3 is 18.2 Å². The van der Waals surface area contributed by atoms with Crippen molar-refractivity contribution >= 4 is 6.09 Å². The van der Waals surface area contributed by atoms with Gasteiger partial charge in [-0.1, -0.05) is 29.4 Å². The molecule has 1 aromatic heterocycles. The molecule has 2 aromatic rings. The smallest absolute Gasteiger partial charge is 0.451 e. The van der Waals surface area contributed by atoms with Crippen LogP contribution in [0.2, 0.25) is 0 Å². The fourth-order valence-electron chi connectivity index (χ4n) is 1.69. The number of alkyl halides is 3. The van der Waals surface area contributed by atoms with E-state index in [1.807, 2.05) is 0 Å². The van der Waals surface area contributed by atoms with Crippen molar-refractivity contribution in [2.24, 2.45) is 0 Å². The SMILES string of the molecule is COC(=O)N(Cc1ccc(-c2noc(C(F)(F)F)n2)cc1)OC. The van der Waals surface area contributed by atoms with Gasteiger partial charge in [0.15, 0.2) is 0 Å². The molecule has 1 amide bonds. The summed E-state index contributed by atoms with van der Waals surface area (Å²) in [7, 11) is 2.52. The van der Waals surface area contributed by atoms with Crippen LogP contribution in [0.1, 0.15) is 11.5 Å². The largest absolute Gasteiger partial charge is 0.471 e. The van der Waals surface area contributed by atoms with Gasteiger partial charge in [-0.15, -0.1) is 0 Å². The number of hydroxylamine groups is 2. The number of carbonyl (C=O) groups excluding carboxylic acids is 1. The molecule has 10 heteroatoms. The summed E-state index contributed by atoms with van der Waals surface area (Å²) in [4.78, 5) is 19.5. The van der Waals surface area contributed by atoms with E-state index in [2.05, 4.69) is 19.4 Å². The third kappa shape index (κ3) is 3.97. The van der Waals surface area contributed by atoms with E-state index >= 15 is 0 Å². The molecule has 0 radical (unpaired) electrons. The normalized spacial score (nSPS) is 11.3. The van der Waals surface area contributed by atoms with Gasteiger partial charge in [-0.3, -0.25) is 4.84 Å². The predicted octanol–water partition coefficient (Wildman–Crippen LogP) is 2.89. The highest BCUT2D eigenvalue weighted by atomic mass is 19.4. The van der Waals surface area contributed by atoms with E-state index in [1.165, 1.54) is 26.4 Å². The third-order valence-electron chi connectivity index (χ3n) is 2.81. The van der Waals surface area contributed by atoms with Gasteiger partial charge in [0.25, 0.3) is 0 Å². The Kier molecular flexibility index (Phi) is 4.84. The van der Waals surface area contributed by atoms with Gasteiger partial charge in [-0.05, 0) is 5.56 Å². The summed E-state index contributed by atoms with van der Waals surface area (Å²) >= 11 is 0. The van der Waals surface area contributed by atoms with Crippen molar-refractivity contribution < 1.29 is 32.1 Å². The van der Waals surface area contributed by atoms with Gasteiger partial charge in [0.05, 0.1) is 20.8 Å². The second-order valence-corrected chi connectivity index (χ2v) is 4.31. The molecule has 23 heavy (non-hydrogen) atoms. The van der Waals surface area contributed by atoms with E-state index in [1.54, 1.807) is 12.1 Å². The van der Waals surface area contributed by atoms with Crippen molar-refractivity contribution in [1.29, 1.82) is 0 Å². The Morgan fingerprint density at radius 3 is 2.39 bits per heavy atom. The van der Waals surface area contributed by atoms with Gasteiger partial charge in [-0.25, -0.2) is 4.79 Å². The minimum absolute atomic E-state index is 0.101. The van der Waals surface area contributed by atoms with Crippen LogP contribution >= 0.6 is 0 Å². The summed E-state index contributed by atoms with van der Waals surface area (Å²) in [6, 6.07) is 6.19. The van der Waals surface area contributed by atoms with Crippen LogP contribution < -0.4 is 0 Å². The maximum absolute atomic E-state index is 12.4. The fourth-order valence-corrected chi connectivity index (χ4v) is 1.69. The van der Waals surface area contributed by atoms with Crippen molar-refractivity contribution in [2.75, 3.05) is 14.2 Å². The monoisotopic (exact) mass is 331 g/mol. The summed E-state index contributed by atoms with van der Waals surface area (Å²) < 4.78 is 45.9. The number of benzene rings is 1. The van der Waals surface area contributed by atoms with Crippen LogP contribution in [0.4, 0.5) is 18.0 Å². The first-order valence-electron chi connectivity index (χ1n) is 6.25. The van der Waals surface area contributed by atoms with E-state index in [0.29, 0.717) is 11.1 Å². The molecule has 0 bridgehead atoms. The number of aromatic nitrogens is 2. The fraction of sp³-hybridized carbons (Fsp3) is 0.308. The molecular formula is C13H12F3N3O4. The molecule has 0 aliphatic heterocycles. The Morgan fingerprint density at radius 2 is 1.91 bits per heavy atom. The van der Waals surface area contributed by atoms with Crippen LogP contribution in [0.15, 0.2) is 28.8 Å². The number of ether oxygens (including phenoxy) is 1. The van der Waals surface area contributed by atoms with Crippen molar-refractivity contribution in [2.45, 2.75) is 12.7 Å². The number of rotatable bonds is 4. The van der Waals surface area contributed by atoms with Crippen molar-refractivity contribution in [3.63, 3.8) is 0 Å². The first kappa shape index (κ1) is 16.7. The minimum Gasteiger partial charge on any atom is -0.451 e. The van der Waals surface area contributed by atoms with Gasteiger partial charge in [0.1, 0.15) is 0 Å². The second kappa shape index (κ2) is 6.65. The molecule has 0 atom stereocenters. The zero-order chi connectivity index (χ0) is 17.0. The van der Waals surface area contributed by atoms with Gasteiger partial charge < -0.3 is 9.26 Å². The number of hydrogen-bond acceptors (Lipinski definition) is 6. The van der Waals surface area contributed by atoms with E-state index in [-0.39, 0.29) is 12.4 Å². The topological polar surface area (TPSA) is 77.7 Å². The molecule has 1 aromatic carbocycles. The van der Waals surface area contributed by atoms with E-state index < -0.39 is 18.2 Å². The van der Waals surface area contributed by atoms with E-state index in [0.717, 1.165) is 5.06 Å². The first-order valence-corrected chi connectivity index (χ1v) is 6.25. The summed E-state index contributed by atoms with van der Waals surface area (Å²) in [5.74, 6) is -1.59. The maximum Gasteiger partial charge on any atom is 0.471 e. The molecule has 0 spiro atoms. The molecule has 7 nitrogen and oxygen atoms in total. The number of halogens is 3. The molecule has 0 saturated heterocycles. The summed E-state index contributed by atoms with van der Waals surface area (Å²) in [5.41, 5.74) is 1.01. The number of methoxy groups -OCH3 is 1. The van der Waals surface area contributed by atoms with Crippen molar-refractivity contribution in [1.82, 2.24) is 15.2 Å². The molecule has 0 aliphatic carbocycles.